The fraction of sp³-hybridized carbons (Fsp3) is 0.524. The standard InChI is InChI=1S/C21H22F5N3O/c1-29-16(11-27-17(30)9-14-10-20(23,24)21(14,25)26)18(12-3-2-4-12)19(28-29)13-5-7-15(22)8-6-13/h5-8,12,14H,2-4,9-11H2,1H3,(H,27,30). The number of hydrogen-bond acceptors (Lipinski definition) is 2. The lowest BCUT2D eigenvalue weighted by Gasteiger charge is -2.43. The minimum Gasteiger partial charge on any atom is -0.350 e. The van der Waals surface area contributed by atoms with Crippen LogP contribution >= 0.6 is 0 Å². The van der Waals surface area contributed by atoms with Gasteiger partial charge in [-0.3, -0.25) is 9.48 Å². The number of halogens is 5. The van der Waals surface area contributed by atoms with Crippen molar-refractivity contribution in [2.24, 2.45) is 13.0 Å². The van der Waals surface area contributed by atoms with E-state index in [9.17, 15) is 26.7 Å². The Morgan fingerprint density at radius 2 is 1.87 bits per heavy atom. The van der Waals surface area contributed by atoms with Crippen molar-refractivity contribution >= 4 is 5.91 Å². The largest absolute Gasteiger partial charge is 0.350 e. The van der Waals surface area contributed by atoms with Gasteiger partial charge in [0.25, 0.3) is 0 Å². The first-order valence-electron chi connectivity index (χ1n) is 9.94. The molecule has 9 heteroatoms. The third-order valence-corrected chi connectivity index (χ3v) is 6.23. The molecule has 1 aromatic heterocycles. The Morgan fingerprint density at radius 1 is 1.20 bits per heavy atom. The zero-order valence-electron chi connectivity index (χ0n) is 16.4. The monoisotopic (exact) mass is 427 g/mol. The minimum absolute atomic E-state index is 0.0596. The summed E-state index contributed by atoms with van der Waals surface area (Å²) >= 11 is 0. The smallest absolute Gasteiger partial charge is 0.313 e. The maximum atomic E-state index is 13.4. The van der Waals surface area contributed by atoms with Crippen LogP contribution in [-0.4, -0.2) is 27.5 Å². The molecular weight excluding hydrogens is 405 g/mol. The van der Waals surface area contributed by atoms with E-state index in [1.54, 1.807) is 23.9 Å². The number of nitrogens with zero attached hydrogens (tertiary/aromatic N) is 2. The molecule has 1 heterocycles. The minimum atomic E-state index is -4.15. The van der Waals surface area contributed by atoms with Crippen LogP contribution in [0.4, 0.5) is 22.0 Å². The summed E-state index contributed by atoms with van der Waals surface area (Å²) in [5, 5.41) is 7.13. The molecule has 0 spiro atoms. The first kappa shape index (κ1) is 20.8. The van der Waals surface area contributed by atoms with Crippen molar-refractivity contribution in [1.82, 2.24) is 15.1 Å². The Hall–Kier alpha value is -2.45. The van der Waals surface area contributed by atoms with Crippen molar-refractivity contribution in [2.75, 3.05) is 0 Å². The van der Waals surface area contributed by atoms with Crippen molar-refractivity contribution in [2.45, 2.75) is 56.4 Å². The fourth-order valence-electron chi connectivity index (χ4n) is 4.15. The molecule has 1 aromatic carbocycles. The van der Waals surface area contributed by atoms with Crippen LogP contribution in [0.1, 0.15) is 49.3 Å². The summed E-state index contributed by atoms with van der Waals surface area (Å²) in [6.45, 7) is 0.0596. The van der Waals surface area contributed by atoms with Crippen LogP contribution in [-0.2, 0) is 18.4 Å². The summed E-state index contributed by atoms with van der Waals surface area (Å²) in [6, 6.07) is 5.98. The number of carbonyl (C=O) groups excluding carboxylic acids is 1. The molecule has 2 saturated carbocycles. The molecule has 1 atom stereocenters. The van der Waals surface area contributed by atoms with Gasteiger partial charge in [-0.05, 0) is 43.0 Å². The highest BCUT2D eigenvalue weighted by Crippen LogP contribution is 2.56. The summed E-state index contributed by atoms with van der Waals surface area (Å²) in [4.78, 5) is 12.1. The number of aryl methyl sites for hydroxylation is 1. The molecule has 2 aromatic rings. The second kappa shape index (κ2) is 7.35. The van der Waals surface area contributed by atoms with E-state index in [0.29, 0.717) is 5.69 Å². The molecule has 1 amide bonds. The first-order chi connectivity index (χ1) is 14.1. The topological polar surface area (TPSA) is 46.9 Å². The molecule has 1 unspecified atom stereocenters. The van der Waals surface area contributed by atoms with Crippen molar-refractivity contribution in [1.29, 1.82) is 0 Å². The van der Waals surface area contributed by atoms with Gasteiger partial charge < -0.3 is 5.32 Å². The summed E-state index contributed by atoms with van der Waals surface area (Å²) in [6.07, 6.45) is 1.36. The van der Waals surface area contributed by atoms with E-state index in [4.69, 9.17) is 0 Å². The third-order valence-electron chi connectivity index (χ3n) is 6.23. The van der Waals surface area contributed by atoms with Gasteiger partial charge in [0.2, 0.25) is 5.91 Å². The van der Waals surface area contributed by atoms with E-state index < -0.39 is 36.5 Å². The predicted octanol–water partition coefficient (Wildman–Crippen LogP) is 4.79. The second-order valence-corrected chi connectivity index (χ2v) is 8.18. The molecule has 0 aliphatic heterocycles. The Bertz CT molecular complexity index is 950. The molecule has 0 bridgehead atoms. The Morgan fingerprint density at radius 3 is 2.40 bits per heavy atom. The molecule has 0 radical (unpaired) electrons. The number of amides is 1. The molecule has 30 heavy (non-hydrogen) atoms. The summed E-state index contributed by atoms with van der Waals surface area (Å²) in [5.41, 5.74) is 3.15. The van der Waals surface area contributed by atoms with Crippen LogP contribution in [0.25, 0.3) is 11.3 Å². The molecular formula is C21H22F5N3O. The lowest BCUT2D eigenvalue weighted by molar-refractivity contribution is -0.313. The van der Waals surface area contributed by atoms with Gasteiger partial charge in [-0.2, -0.15) is 22.7 Å². The predicted molar refractivity (Wildman–Crippen MR) is 99.7 cm³/mol. The van der Waals surface area contributed by atoms with Gasteiger partial charge in [0.15, 0.2) is 0 Å². The van der Waals surface area contributed by atoms with Gasteiger partial charge in [-0.25, -0.2) is 4.39 Å². The van der Waals surface area contributed by atoms with Gasteiger partial charge in [-0.1, -0.05) is 6.42 Å². The lowest BCUT2D eigenvalue weighted by atomic mass is 9.74. The highest BCUT2D eigenvalue weighted by molar-refractivity contribution is 5.76. The number of hydrogen-bond donors (Lipinski definition) is 1. The van der Waals surface area contributed by atoms with Crippen LogP contribution in [0.15, 0.2) is 24.3 Å². The van der Waals surface area contributed by atoms with E-state index in [2.05, 4.69) is 10.4 Å². The molecule has 0 saturated heterocycles. The maximum absolute atomic E-state index is 13.4. The van der Waals surface area contributed by atoms with Crippen molar-refractivity contribution in [3.05, 3.63) is 41.3 Å². The average Bonchev–Trinajstić information content (AvgIpc) is 2.95. The van der Waals surface area contributed by atoms with Crippen LogP contribution in [0.5, 0.6) is 0 Å². The number of carbonyl (C=O) groups is 1. The maximum Gasteiger partial charge on any atom is 0.313 e. The Kier molecular flexibility index (Phi) is 5.10. The van der Waals surface area contributed by atoms with E-state index in [1.807, 2.05) is 0 Å². The number of aromatic nitrogens is 2. The van der Waals surface area contributed by atoms with Gasteiger partial charge in [0.1, 0.15) is 5.82 Å². The number of rotatable bonds is 6. The second-order valence-electron chi connectivity index (χ2n) is 8.18. The van der Waals surface area contributed by atoms with Crippen LogP contribution in [0.2, 0.25) is 0 Å². The normalized spacial score (nSPS) is 22.3. The number of alkyl halides is 4. The van der Waals surface area contributed by atoms with Gasteiger partial charge >= 0.3 is 11.8 Å². The first-order valence-corrected chi connectivity index (χ1v) is 9.94. The highest BCUT2D eigenvalue weighted by atomic mass is 19.3. The molecule has 4 rings (SSSR count). The van der Waals surface area contributed by atoms with Crippen LogP contribution in [0, 0.1) is 11.7 Å². The van der Waals surface area contributed by atoms with Gasteiger partial charge in [0, 0.05) is 36.9 Å². The van der Waals surface area contributed by atoms with E-state index >= 15 is 0 Å². The lowest BCUT2D eigenvalue weighted by Crippen LogP contribution is -2.59. The molecule has 4 nitrogen and oxygen atoms in total. The zero-order valence-corrected chi connectivity index (χ0v) is 16.4. The summed E-state index contributed by atoms with van der Waals surface area (Å²) < 4.78 is 67.8. The zero-order chi connectivity index (χ0) is 21.7. The molecule has 1 N–H and O–H groups in total. The van der Waals surface area contributed by atoms with Crippen molar-refractivity contribution in [3.8, 4) is 11.3 Å². The average molecular weight is 427 g/mol. The van der Waals surface area contributed by atoms with Gasteiger partial charge in [-0.15, -0.1) is 0 Å². The highest BCUT2D eigenvalue weighted by Gasteiger charge is 2.71. The molecule has 2 aliphatic carbocycles. The van der Waals surface area contributed by atoms with Crippen LogP contribution < -0.4 is 5.32 Å². The van der Waals surface area contributed by atoms with Crippen molar-refractivity contribution < 1.29 is 26.7 Å². The van der Waals surface area contributed by atoms with E-state index in [0.717, 1.165) is 36.1 Å². The quantitative estimate of drug-likeness (QED) is 0.674. The molecule has 2 fully saturated rings. The van der Waals surface area contributed by atoms with E-state index in [-0.39, 0.29) is 18.3 Å². The summed E-state index contributed by atoms with van der Waals surface area (Å²) in [5.74, 6) is -10.6. The Balaban J connectivity index is 1.50. The SMILES string of the molecule is Cn1nc(-c2ccc(F)cc2)c(C2CCC2)c1CNC(=O)CC1CC(F)(F)C1(F)F. The third kappa shape index (κ3) is 3.48. The van der Waals surface area contributed by atoms with Crippen LogP contribution in [0.3, 0.4) is 0 Å². The fourth-order valence-corrected chi connectivity index (χ4v) is 4.15. The summed E-state index contributed by atoms with van der Waals surface area (Å²) in [7, 11) is 1.72. The molecule has 162 valence electrons. The number of nitrogens with one attached hydrogen (secondary N) is 1. The molecule has 2 aliphatic rings. The Labute approximate surface area is 170 Å². The van der Waals surface area contributed by atoms with Gasteiger partial charge in [0.05, 0.1) is 17.9 Å². The van der Waals surface area contributed by atoms with E-state index in [1.165, 1.54) is 12.1 Å². The van der Waals surface area contributed by atoms with Crippen molar-refractivity contribution in [3.63, 3.8) is 0 Å². The number of benzene rings is 1.